The summed E-state index contributed by atoms with van der Waals surface area (Å²) in [6, 6.07) is 0. The van der Waals surface area contributed by atoms with E-state index in [2.05, 4.69) is 27.8 Å². The fourth-order valence-electron chi connectivity index (χ4n) is 0.397. The first-order chi connectivity index (χ1) is 3.83. The Morgan fingerprint density at radius 1 is 1.88 bits per heavy atom. The number of rotatable bonds is 1. The second-order valence-electron chi connectivity index (χ2n) is 1.34. The molecule has 1 radical (unpaired) electrons. The molecule has 0 aliphatic rings. The molecule has 3 heteroatoms. The Morgan fingerprint density at radius 3 is 2.88 bits per heavy atom. The molecular weight excluding hydrogens is 186 g/mol. The van der Waals surface area contributed by atoms with E-state index >= 15 is 0 Å². The Morgan fingerprint density at radius 2 is 2.62 bits per heavy atom. The maximum absolute atomic E-state index is 4.10. The summed E-state index contributed by atoms with van der Waals surface area (Å²) in [4.78, 5) is 4.10. The Bertz CT molecular complexity index is 173. The summed E-state index contributed by atoms with van der Waals surface area (Å²) < 4.78 is 0.941. The fraction of sp³-hybridized carbons (Fsp3) is 0.200. The third-order valence-corrected chi connectivity index (χ3v) is 2.19. The van der Waals surface area contributed by atoms with E-state index in [1.54, 1.807) is 11.3 Å². The van der Waals surface area contributed by atoms with E-state index in [1.165, 1.54) is 0 Å². The number of nitrogens with zero attached hydrogens (tertiary/aromatic N) is 1. The molecule has 0 bridgehead atoms. The number of aromatic nitrogens is 1. The van der Waals surface area contributed by atoms with Crippen molar-refractivity contribution in [3.8, 4) is 0 Å². The van der Waals surface area contributed by atoms with Crippen molar-refractivity contribution in [2.45, 2.75) is 6.42 Å². The van der Waals surface area contributed by atoms with Gasteiger partial charge < -0.3 is 0 Å². The molecule has 8 heavy (non-hydrogen) atoms. The summed E-state index contributed by atoms with van der Waals surface area (Å²) in [6.45, 7) is 3.69. The largest absolute Gasteiger partial charge is 0.234 e. The van der Waals surface area contributed by atoms with Gasteiger partial charge in [-0.05, 0) is 29.3 Å². The first-order valence-electron chi connectivity index (χ1n) is 2.22. The minimum Gasteiger partial charge on any atom is -0.234 e. The zero-order valence-corrected chi connectivity index (χ0v) is 6.63. The van der Waals surface area contributed by atoms with Crippen molar-refractivity contribution in [3.05, 3.63) is 21.9 Å². The van der Waals surface area contributed by atoms with Crippen LogP contribution in [0.25, 0.3) is 0 Å². The van der Waals surface area contributed by atoms with Crippen molar-refractivity contribution in [1.82, 2.24) is 4.98 Å². The predicted octanol–water partition coefficient (Wildman–Crippen LogP) is 2.28. The highest BCUT2D eigenvalue weighted by Gasteiger charge is 1.92. The maximum atomic E-state index is 4.10. The van der Waals surface area contributed by atoms with Crippen molar-refractivity contribution >= 4 is 27.3 Å². The molecule has 0 amide bonds. The van der Waals surface area contributed by atoms with Gasteiger partial charge in [0.05, 0.1) is 5.69 Å². The van der Waals surface area contributed by atoms with Gasteiger partial charge in [0.2, 0.25) is 0 Å². The fourth-order valence-corrected chi connectivity index (χ4v) is 1.48. The van der Waals surface area contributed by atoms with E-state index in [0.717, 1.165) is 16.0 Å². The van der Waals surface area contributed by atoms with Gasteiger partial charge in [0.15, 0.2) is 3.92 Å². The van der Waals surface area contributed by atoms with Crippen molar-refractivity contribution in [2.24, 2.45) is 0 Å². The average molecular weight is 191 g/mol. The van der Waals surface area contributed by atoms with Crippen molar-refractivity contribution < 1.29 is 0 Å². The average Bonchev–Trinajstić information content (AvgIpc) is 2.14. The van der Waals surface area contributed by atoms with Crippen molar-refractivity contribution in [2.75, 3.05) is 0 Å². The van der Waals surface area contributed by atoms with Gasteiger partial charge >= 0.3 is 0 Å². The van der Waals surface area contributed by atoms with Crippen LogP contribution in [0.5, 0.6) is 0 Å². The Kier molecular flexibility index (Phi) is 2.02. The summed E-state index contributed by atoms with van der Waals surface area (Å²) in [5, 5.41) is 2.00. The Labute approximate surface area is 60.9 Å². The summed E-state index contributed by atoms with van der Waals surface area (Å²) in [5.74, 6) is 0. The first kappa shape index (κ1) is 6.23. The normalized spacial score (nSPS) is 9.75. The van der Waals surface area contributed by atoms with Crippen LogP contribution in [-0.2, 0) is 6.42 Å². The third kappa shape index (κ3) is 1.29. The molecule has 0 saturated heterocycles. The lowest BCUT2D eigenvalue weighted by Crippen LogP contribution is -1.75. The van der Waals surface area contributed by atoms with Gasteiger partial charge in [-0.1, -0.05) is 0 Å². The molecule has 0 spiro atoms. The molecule has 0 N–H and O–H groups in total. The van der Waals surface area contributed by atoms with Crippen molar-refractivity contribution in [1.29, 1.82) is 0 Å². The zero-order chi connectivity index (χ0) is 5.98. The molecule has 1 heterocycles. The molecule has 43 valence electrons. The summed E-state index contributed by atoms with van der Waals surface area (Å²) >= 11 is 4.85. The summed E-state index contributed by atoms with van der Waals surface area (Å²) in [6.07, 6.45) is 0.780. The molecule has 0 atom stereocenters. The molecule has 0 aromatic carbocycles. The van der Waals surface area contributed by atoms with E-state index in [1.807, 2.05) is 5.38 Å². The van der Waals surface area contributed by atoms with Gasteiger partial charge in [0.25, 0.3) is 0 Å². The molecule has 0 fully saturated rings. The third-order valence-electron chi connectivity index (χ3n) is 0.780. The second-order valence-corrected chi connectivity index (χ2v) is 3.48. The van der Waals surface area contributed by atoms with E-state index in [9.17, 15) is 0 Å². The molecule has 0 unspecified atom stereocenters. The van der Waals surface area contributed by atoms with Crippen LogP contribution in [0, 0.1) is 6.92 Å². The van der Waals surface area contributed by atoms with Gasteiger partial charge in [0.1, 0.15) is 0 Å². The highest BCUT2D eigenvalue weighted by Crippen LogP contribution is 2.15. The lowest BCUT2D eigenvalue weighted by atomic mass is 10.4. The quantitative estimate of drug-likeness (QED) is 0.663. The van der Waals surface area contributed by atoms with Crippen LogP contribution < -0.4 is 0 Å². The highest BCUT2D eigenvalue weighted by molar-refractivity contribution is 9.11. The number of halogens is 1. The van der Waals surface area contributed by atoms with Gasteiger partial charge in [-0.3, -0.25) is 0 Å². The van der Waals surface area contributed by atoms with Crippen LogP contribution in [0.2, 0.25) is 0 Å². The maximum Gasteiger partial charge on any atom is 0.159 e. The van der Waals surface area contributed by atoms with Crippen LogP contribution in [0.15, 0.2) is 9.30 Å². The van der Waals surface area contributed by atoms with Gasteiger partial charge in [0, 0.05) is 5.38 Å². The van der Waals surface area contributed by atoms with Gasteiger partial charge in [-0.15, -0.1) is 11.3 Å². The second kappa shape index (κ2) is 2.60. The van der Waals surface area contributed by atoms with Gasteiger partial charge in [-0.25, -0.2) is 4.98 Å². The SMILES string of the molecule is [CH2]Cc1csc(Br)n1. The number of hydrogen-bond donors (Lipinski definition) is 0. The monoisotopic (exact) mass is 190 g/mol. The zero-order valence-electron chi connectivity index (χ0n) is 4.22. The van der Waals surface area contributed by atoms with Crippen LogP contribution in [0.3, 0.4) is 0 Å². The molecule has 0 saturated carbocycles. The lowest BCUT2D eigenvalue weighted by molar-refractivity contribution is 1.14. The molecule has 0 aliphatic carbocycles. The standard InChI is InChI=1S/C5H5BrNS/c1-2-4-3-8-5(6)7-4/h3H,1-2H2. The number of thiazole rings is 1. The Balaban J connectivity index is 2.84. The van der Waals surface area contributed by atoms with Crippen LogP contribution in [0.4, 0.5) is 0 Å². The van der Waals surface area contributed by atoms with Gasteiger partial charge in [-0.2, -0.15) is 0 Å². The molecule has 1 rings (SSSR count). The van der Waals surface area contributed by atoms with E-state index in [0.29, 0.717) is 0 Å². The van der Waals surface area contributed by atoms with Crippen LogP contribution in [0.1, 0.15) is 5.69 Å². The topological polar surface area (TPSA) is 12.9 Å². The summed E-state index contributed by atoms with van der Waals surface area (Å²) in [7, 11) is 0. The molecule has 1 aromatic rings. The van der Waals surface area contributed by atoms with E-state index in [-0.39, 0.29) is 0 Å². The van der Waals surface area contributed by atoms with Crippen LogP contribution in [-0.4, -0.2) is 4.98 Å². The predicted molar refractivity (Wildman–Crippen MR) is 38.9 cm³/mol. The van der Waals surface area contributed by atoms with E-state index in [4.69, 9.17) is 0 Å². The smallest absolute Gasteiger partial charge is 0.159 e. The molecule has 1 aromatic heterocycles. The number of hydrogen-bond acceptors (Lipinski definition) is 2. The first-order valence-corrected chi connectivity index (χ1v) is 3.89. The molecular formula is C5H5BrNS. The molecule has 1 nitrogen and oxygen atoms in total. The summed E-state index contributed by atoms with van der Waals surface area (Å²) in [5.41, 5.74) is 1.06. The molecule has 0 aliphatic heterocycles. The highest BCUT2D eigenvalue weighted by atomic mass is 79.9. The Hall–Kier alpha value is 0.110. The minimum absolute atomic E-state index is 0.780. The lowest BCUT2D eigenvalue weighted by Gasteiger charge is -1.78. The van der Waals surface area contributed by atoms with E-state index < -0.39 is 0 Å². The van der Waals surface area contributed by atoms with Crippen LogP contribution >= 0.6 is 27.3 Å². The van der Waals surface area contributed by atoms with Crippen molar-refractivity contribution in [3.63, 3.8) is 0 Å². The minimum atomic E-state index is 0.780.